The Labute approximate surface area is 394 Å². The standard InChI is InChI=1S/C49H56ClN7O5S3/c1-34-30-44(22-23-45(34)52-40(24-25-54(3)4)32-63-43-12-7-6-8-13-43)65(61,62)53-39-18-20-41(21-19-39)56-26-28-57(29-27-56)42-11-9-10-37(31-42)47-46(49(58)51-33-64(59)60)35(2)55(5)48(47)36-14-16-38(50)17-15-36/h6-23,30-31,40,52-53H,24-29,32-33H2,1-5H3,(H,51,58)(H,59,60)/p-1/t40-/m1/s1. The summed E-state index contributed by atoms with van der Waals surface area (Å²) < 4.78 is 54.7. The minimum absolute atomic E-state index is 0.191. The Morgan fingerprint density at radius 1 is 0.846 bits per heavy atom. The maximum Gasteiger partial charge on any atom is 0.261 e. The van der Waals surface area contributed by atoms with Crippen LogP contribution in [0.2, 0.25) is 5.02 Å². The normalized spacial score (nSPS) is 14.0. The first-order valence-electron chi connectivity index (χ1n) is 21.4. The molecule has 3 N–H and O–H groups in total. The second-order valence-corrected chi connectivity index (χ2v) is 20.5. The molecule has 7 rings (SSSR count). The highest BCUT2D eigenvalue weighted by atomic mass is 35.5. The van der Waals surface area contributed by atoms with Crippen molar-refractivity contribution in [2.75, 3.05) is 78.3 Å². The number of benzene rings is 5. The minimum atomic E-state index is -3.85. The van der Waals surface area contributed by atoms with Gasteiger partial charge in [-0.25, -0.2) is 8.42 Å². The number of nitrogens with one attached hydrogen (secondary N) is 3. The van der Waals surface area contributed by atoms with E-state index in [4.69, 9.17) is 11.6 Å². The van der Waals surface area contributed by atoms with Gasteiger partial charge < -0.3 is 34.5 Å². The van der Waals surface area contributed by atoms with Crippen LogP contribution in [0.25, 0.3) is 22.4 Å². The third kappa shape index (κ3) is 11.9. The van der Waals surface area contributed by atoms with Gasteiger partial charge in [-0.3, -0.25) is 13.7 Å². The number of amides is 1. The number of piperazine rings is 1. The number of hydrogen-bond donors (Lipinski definition) is 3. The number of sulfonamides is 1. The van der Waals surface area contributed by atoms with E-state index in [9.17, 15) is 22.0 Å². The van der Waals surface area contributed by atoms with Crippen LogP contribution in [0, 0.1) is 13.8 Å². The smallest absolute Gasteiger partial charge is 0.261 e. The molecule has 16 heteroatoms. The first-order chi connectivity index (χ1) is 31.2. The molecule has 6 aromatic rings. The Kier molecular flexibility index (Phi) is 15.7. The zero-order valence-electron chi connectivity index (χ0n) is 37.2. The van der Waals surface area contributed by atoms with Gasteiger partial charge >= 0.3 is 0 Å². The third-order valence-corrected chi connectivity index (χ3v) is 14.8. The SMILES string of the molecule is Cc1cc(S(=O)(=O)Nc2ccc(N3CCN(c4cccc(-c5c(C(=O)NCS(=O)[O-])c(C)n(C)c5-c5ccc(Cl)cc5)c4)CC3)cc2)ccc1N[C@H](CCN(C)C)CSc1ccccc1. The van der Waals surface area contributed by atoms with Crippen LogP contribution in [-0.2, 0) is 28.2 Å². The Morgan fingerprint density at radius 2 is 1.52 bits per heavy atom. The summed E-state index contributed by atoms with van der Waals surface area (Å²) in [6.07, 6.45) is 0.942. The van der Waals surface area contributed by atoms with Crippen LogP contribution < -0.4 is 25.2 Å². The lowest BCUT2D eigenvalue weighted by Crippen LogP contribution is -2.46. The van der Waals surface area contributed by atoms with Crippen molar-refractivity contribution in [3.05, 3.63) is 143 Å². The lowest BCUT2D eigenvalue weighted by Gasteiger charge is -2.37. The predicted octanol–water partition coefficient (Wildman–Crippen LogP) is 8.85. The number of hydrogen-bond acceptors (Lipinski definition) is 10. The van der Waals surface area contributed by atoms with E-state index in [1.165, 1.54) is 4.90 Å². The molecule has 0 bridgehead atoms. The van der Waals surface area contributed by atoms with Crippen molar-refractivity contribution in [2.45, 2.75) is 36.1 Å². The molecule has 1 aliphatic heterocycles. The maximum absolute atomic E-state index is 13.6. The number of carbonyl (C=O) groups excluding carboxylic acids is 1. The third-order valence-electron chi connectivity index (χ3n) is 11.6. The Morgan fingerprint density at radius 3 is 2.17 bits per heavy atom. The van der Waals surface area contributed by atoms with E-state index in [0.29, 0.717) is 27.5 Å². The molecular weight excluding hydrogens is 898 g/mol. The van der Waals surface area contributed by atoms with E-state index in [-0.39, 0.29) is 10.9 Å². The summed E-state index contributed by atoms with van der Waals surface area (Å²) in [4.78, 5) is 21.8. The van der Waals surface area contributed by atoms with Gasteiger partial charge in [-0.2, -0.15) is 0 Å². The van der Waals surface area contributed by atoms with E-state index in [0.717, 1.165) is 84.3 Å². The molecule has 0 radical (unpaired) electrons. The number of thioether (sulfide) groups is 1. The van der Waals surface area contributed by atoms with E-state index in [2.05, 4.69) is 68.4 Å². The lowest BCUT2D eigenvalue weighted by molar-refractivity contribution is 0.0959. The molecule has 65 heavy (non-hydrogen) atoms. The van der Waals surface area contributed by atoms with Crippen molar-refractivity contribution in [3.8, 4) is 22.4 Å². The van der Waals surface area contributed by atoms with E-state index in [1.807, 2.05) is 97.9 Å². The van der Waals surface area contributed by atoms with Crippen LogP contribution in [0.3, 0.4) is 0 Å². The Balaban J connectivity index is 1.00. The monoisotopic (exact) mass is 952 g/mol. The van der Waals surface area contributed by atoms with Gasteiger partial charge in [-0.05, 0) is 148 Å². The molecule has 12 nitrogen and oxygen atoms in total. The zero-order chi connectivity index (χ0) is 46.3. The first-order valence-corrected chi connectivity index (χ1v) is 25.5. The molecule has 2 atom stereocenters. The predicted molar refractivity (Wildman–Crippen MR) is 268 cm³/mol. The average molecular weight is 954 g/mol. The van der Waals surface area contributed by atoms with Crippen molar-refractivity contribution >= 4 is 73.1 Å². The fourth-order valence-corrected chi connectivity index (χ4v) is 10.6. The molecule has 5 aromatic carbocycles. The fraction of sp³-hybridized carbons (Fsp3) is 0.286. The summed E-state index contributed by atoms with van der Waals surface area (Å²) in [5.74, 6) is -0.0872. The molecule has 0 aliphatic carbocycles. The zero-order valence-corrected chi connectivity index (χ0v) is 40.4. The van der Waals surface area contributed by atoms with Gasteiger partial charge in [0, 0.05) is 88.9 Å². The van der Waals surface area contributed by atoms with Crippen molar-refractivity contribution in [1.82, 2.24) is 14.8 Å². The molecule has 0 spiro atoms. The van der Waals surface area contributed by atoms with E-state index in [1.54, 1.807) is 36.4 Å². The second kappa shape index (κ2) is 21.3. The fourth-order valence-electron chi connectivity index (χ4n) is 8.07. The average Bonchev–Trinajstić information content (AvgIpc) is 3.56. The number of aromatic nitrogens is 1. The maximum atomic E-state index is 13.6. The largest absolute Gasteiger partial charge is 0.771 e. The van der Waals surface area contributed by atoms with Gasteiger partial charge in [0.05, 0.1) is 22.0 Å². The molecule has 1 saturated heterocycles. The van der Waals surface area contributed by atoms with Crippen LogP contribution in [-0.4, -0.2) is 97.0 Å². The van der Waals surface area contributed by atoms with Crippen molar-refractivity contribution < 1.29 is 22.0 Å². The van der Waals surface area contributed by atoms with Crippen molar-refractivity contribution in [1.29, 1.82) is 0 Å². The summed E-state index contributed by atoms with van der Waals surface area (Å²) in [5.41, 5.74) is 8.55. The number of anilines is 4. The van der Waals surface area contributed by atoms with Crippen molar-refractivity contribution in [3.63, 3.8) is 0 Å². The number of nitrogens with zero attached hydrogens (tertiary/aromatic N) is 4. The van der Waals surface area contributed by atoms with Gasteiger partial charge in [-0.15, -0.1) is 11.8 Å². The molecule has 1 amide bonds. The summed E-state index contributed by atoms with van der Waals surface area (Å²) >= 11 is 5.61. The summed E-state index contributed by atoms with van der Waals surface area (Å²) in [6, 6.07) is 38.8. The highest BCUT2D eigenvalue weighted by Crippen LogP contribution is 2.40. The number of rotatable bonds is 18. The molecule has 1 aliphatic rings. The molecule has 2 heterocycles. The second-order valence-electron chi connectivity index (χ2n) is 16.4. The van der Waals surface area contributed by atoms with Gasteiger partial charge in [0.15, 0.2) is 0 Å². The molecular formula is C49H55ClN7O5S3-. The van der Waals surface area contributed by atoms with E-state index >= 15 is 0 Å². The van der Waals surface area contributed by atoms with Crippen LogP contribution in [0.4, 0.5) is 22.7 Å². The van der Waals surface area contributed by atoms with E-state index < -0.39 is 32.9 Å². The Hall–Kier alpha value is -5.29. The van der Waals surface area contributed by atoms with Crippen LogP contribution in [0.5, 0.6) is 0 Å². The first kappa shape index (κ1) is 47.7. The molecule has 1 fully saturated rings. The van der Waals surface area contributed by atoms with Crippen molar-refractivity contribution in [2.24, 2.45) is 7.05 Å². The van der Waals surface area contributed by atoms with Crippen LogP contribution >= 0.6 is 23.4 Å². The highest BCUT2D eigenvalue weighted by Gasteiger charge is 2.27. The van der Waals surface area contributed by atoms with Gasteiger partial charge in [-0.1, -0.05) is 54.1 Å². The molecule has 342 valence electrons. The van der Waals surface area contributed by atoms with Gasteiger partial charge in [0.25, 0.3) is 15.9 Å². The minimum Gasteiger partial charge on any atom is -0.771 e. The van der Waals surface area contributed by atoms with Crippen LogP contribution in [0.1, 0.15) is 28.0 Å². The molecule has 1 unspecified atom stereocenters. The highest BCUT2D eigenvalue weighted by molar-refractivity contribution is 7.99. The summed E-state index contributed by atoms with van der Waals surface area (Å²) in [5, 5.41) is 6.82. The molecule has 1 aromatic heterocycles. The lowest BCUT2D eigenvalue weighted by atomic mass is 9.96. The summed E-state index contributed by atoms with van der Waals surface area (Å²) in [7, 11) is 2.18. The van der Waals surface area contributed by atoms with Crippen LogP contribution in [0.15, 0.2) is 131 Å². The molecule has 0 saturated carbocycles. The number of halogens is 1. The van der Waals surface area contributed by atoms with Gasteiger partial charge in [0.2, 0.25) is 0 Å². The quantitative estimate of drug-likeness (QED) is 0.0565. The number of aryl methyl sites for hydroxylation is 1. The topological polar surface area (TPSA) is 142 Å². The Bertz CT molecular complexity index is 2730. The number of carbonyl (C=O) groups is 1. The summed E-state index contributed by atoms with van der Waals surface area (Å²) in [6.45, 7) is 7.64. The van der Waals surface area contributed by atoms with Gasteiger partial charge in [0.1, 0.15) is 0 Å².